The second-order valence-electron chi connectivity index (χ2n) is 17.4. The molecule has 6 aromatic rings. The van der Waals surface area contributed by atoms with Crippen molar-refractivity contribution in [1.82, 2.24) is 0 Å². The average molecular weight is 994 g/mol. The number of allylic oxidation sites excluding steroid dienone is 3. The van der Waals surface area contributed by atoms with Crippen molar-refractivity contribution in [2.75, 3.05) is 0 Å². The minimum absolute atomic E-state index is 0.0138. The number of aliphatic hydroxyl groups excluding tert-OH is 1. The molecule has 356 valence electrons. The summed E-state index contributed by atoms with van der Waals surface area (Å²) in [4.78, 5) is 73.6. The zero-order valence-corrected chi connectivity index (χ0v) is 40.0. The predicted octanol–water partition coefficient (Wildman–Crippen LogP) is 12.6. The van der Waals surface area contributed by atoms with E-state index in [2.05, 4.69) is 21.0 Å². The summed E-state index contributed by atoms with van der Waals surface area (Å²) in [6.07, 6.45) is 6.72. The molecule has 0 saturated heterocycles. The number of ether oxygens (including phenoxy) is 1. The summed E-state index contributed by atoms with van der Waals surface area (Å²) in [7, 11) is 0. The summed E-state index contributed by atoms with van der Waals surface area (Å²) in [5, 5.41) is 12.1. The van der Waals surface area contributed by atoms with Crippen LogP contribution >= 0.6 is 34.8 Å². The fourth-order valence-electron chi connectivity index (χ4n) is 9.69. The van der Waals surface area contributed by atoms with Gasteiger partial charge in [-0.3, -0.25) is 19.2 Å². The highest BCUT2D eigenvalue weighted by molar-refractivity contribution is 6.52. The van der Waals surface area contributed by atoms with E-state index >= 15 is 0 Å². The number of carbonyl (C=O) groups is 4. The van der Waals surface area contributed by atoms with Gasteiger partial charge in [0.05, 0.1) is 5.88 Å². The number of hydrogen-bond acceptors (Lipinski definition) is 12. The molecule has 2 saturated carbocycles. The SMILES string of the molecule is Cc1oc(=O)oc1CCl.Cc1oc(=O)oc1COC1=C(C2CCC(c3ccc(Cl)cc3)CC2)C(=O)c2ccccc2C1=O.O=C1C(=O)c2ccccc2C(O)=C1C1CCC(c2ccc(Cl)cc2)CC1. The Balaban J connectivity index is 0.000000161. The highest BCUT2D eigenvalue weighted by Crippen LogP contribution is 2.44. The number of alkyl halides is 1. The first kappa shape index (κ1) is 49.0. The van der Waals surface area contributed by atoms with Crippen molar-refractivity contribution in [2.45, 2.75) is 89.5 Å². The van der Waals surface area contributed by atoms with E-state index in [4.69, 9.17) is 48.4 Å². The van der Waals surface area contributed by atoms with Crippen molar-refractivity contribution in [2.24, 2.45) is 11.8 Å². The fourth-order valence-corrected chi connectivity index (χ4v) is 10.2. The lowest BCUT2D eigenvalue weighted by Crippen LogP contribution is -2.29. The first-order valence-electron chi connectivity index (χ1n) is 22.6. The average Bonchev–Trinajstić information content (AvgIpc) is 3.88. The molecule has 0 aliphatic heterocycles. The highest BCUT2D eigenvalue weighted by atomic mass is 35.5. The van der Waals surface area contributed by atoms with Crippen molar-refractivity contribution in [3.63, 3.8) is 0 Å². The van der Waals surface area contributed by atoms with E-state index in [0.717, 1.165) is 56.4 Å². The second-order valence-corrected chi connectivity index (χ2v) is 18.5. The molecule has 0 spiro atoms. The summed E-state index contributed by atoms with van der Waals surface area (Å²) < 4.78 is 24.8. The quantitative estimate of drug-likeness (QED) is 0.113. The number of aliphatic hydroxyl groups is 1. The maximum Gasteiger partial charge on any atom is 0.519 e. The Morgan fingerprint density at radius 3 is 1.33 bits per heavy atom. The van der Waals surface area contributed by atoms with Gasteiger partial charge in [0.15, 0.2) is 28.8 Å². The Morgan fingerprint density at radius 2 is 0.899 bits per heavy atom. The molecular formula is C54H47Cl3O12. The van der Waals surface area contributed by atoms with Crippen molar-refractivity contribution < 1.29 is 46.7 Å². The van der Waals surface area contributed by atoms with E-state index in [1.807, 2.05) is 36.4 Å². The molecule has 4 aromatic carbocycles. The van der Waals surface area contributed by atoms with Gasteiger partial charge in [-0.2, -0.15) is 0 Å². The second kappa shape index (κ2) is 21.4. The summed E-state index contributed by atoms with van der Waals surface area (Å²) in [6.45, 7) is 3.04. The number of aryl methyl sites for hydroxylation is 2. The van der Waals surface area contributed by atoms with Gasteiger partial charge in [0.25, 0.3) is 0 Å². The Labute approximate surface area is 411 Å². The van der Waals surface area contributed by atoms with Crippen LogP contribution in [0.5, 0.6) is 0 Å². The van der Waals surface area contributed by atoms with Crippen molar-refractivity contribution >= 4 is 63.7 Å². The zero-order valence-electron chi connectivity index (χ0n) is 37.7. The minimum atomic E-state index is -0.831. The van der Waals surface area contributed by atoms with Crippen LogP contribution in [0.25, 0.3) is 5.76 Å². The number of halogens is 3. The summed E-state index contributed by atoms with van der Waals surface area (Å²) in [5.74, 6) is -0.891. The van der Waals surface area contributed by atoms with Gasteiger partial charge in [-0.25, -0.2) is 9.59 Å². The number of hydrogen-bond donors (Lipinski definition) is 1. The van der Waals surface area contributed by atoms with E-state index < -0.39 is 23.2 Å². The molecule has 0 radical (unpaired) electrons. The number of fused-ring (bicyclic) bond motifs is 2. The molecule has 1 N–H and O–H groups in total. The maximum absolute atomic E-state index is 13.5. The van der Waals surface area contributed by atoms with Crippen LogP contribution in [0.2, 0.25) is 10.0 Å². The lowest BCUT2D eigenvalue weighted by molar-refractivity contribution is -0.112. The molecular weight excluding hydrogens is 947 g/mol. The Morgan fingerprint density at radius 1 is 0.493 bits per heavy atom. The van der Waals surface area contributed by atoms with E-state index in [-0.39, 0.29) is 58.9 Å². The number of ketones is 4. The van der Waals surface area contributed by atoms with E-state index in [9.17, 15) is 33.9 Å². The van der Waals surface area contributed by atoms with Gasteiger partial charge in [-0.1, -0.05) is 96.0 Å². The van der Waals surface area contributed by atoms with Crippen LogP contribution in [0.15, 0.2) is 141 Å². The summed E-state index contributed by atoms with van der Waals surface area (Å²) in [6, 6.07) is 29.4. The molecule has 10 rings (SSSR count). The fraction of sp³-hybridized carbons (Fsp3) is 0.296. The molecule has 12 nitrogen and oxygen atoms in total. The maximum atomic E-state index is 13.5. The minimum Gasteiger partial charge on any atom is -0.507 e. The van der Waals surface area contributed by atoms with Gasteiger partial charge in [0.1, 0.15) is 18.1 Å². The molecule has 0 bridgehead atoms. The van der Waals surface area contributed by atoms with Crippen molar-refractivity contribution in [3.8, 4) is 0 Å². The molecule has 4 aliphatic rings. The van der Waals surface area contributed by atoms with Crippen LogP contribution in [0.4, 0.5) is 0 Å². The third-order valence-corrected chi connectivity index (χ3v) is 14.1. The zero-order chi connectivity index (χ0) is 48.9. The molecule has 15 heteroatoms. The van der Waals surface area contributed by atoms with Crippen LogP contribution in [0.1, 0.15) is 134 Å². The first-order valence-corrected chi connectivity index (χ1v) is 23.9. The van der Waals surface area contributed by atoms with Crippen LogP contribution in [-0.4, -0.2) is 28.2 Å². The summed E-state index contributed by atoms with van der Waals surface area (Å²) >= 11 is 17.3. The number of Topliss-reactive ketones (excluding diaryl/α,β-unsaturated/α-hetero) is 4. The van der Waals surface area contributed by atoms with Crippen molar-refractivity contribution in [1.29, 1.82) is 0 Å². The molecule has 2 fully saturated rings. The van der Waals surface area contributed by atoms with Gasteiger partial charge in [0, 0.05) is 43.4 Å². The number of rotatable bonds is 8. The van der Waals surface area contributed by atoms with E-state index in [1.165, 1.54) is 11.1 Å². The molecule has 2 heterocycles. The van der Waals surface area contributed by atoms with Gasteiger partial charge >= 0.3 is 11.6 Å². The molecule has 0 atom stereocenters. The predicted molar refractivity (Wildman–Crippen MR) is 258 cm³/mol. The first-order chi connectivity index (χ1) is 33.2. The Hall–Kier alpha value is -6.47. The lowest BCUT2D eigenvalue weighted by Gasteiger charge is -2.32. The van der Waals surface area contributed by atoms with Crippen molar-refractivity contribution in [3.05, 3.63) is 202 Å². The molecule has 0 amide bonds. The van der Waals surface area contributed by atoms with E-state index in [1.54, 1.807) is 62.4 Å². The van der Waals surface area contributed by atoms with Crippen LogP contribution < -0.4 is 11.6 Å². The Kier molecular flexibility index (Phi) is 15.2. The third-order valence-electron chi connectivity index (χ3n) is 13.3. The topological polar surface area (TPSA) is 184 Å². The third kappa shape index (κ3) is 10.7. The van der Waals surface area contributed by atoms with Gasteiger partial charge in [-0.15, -0.1) is 11.6 Å². The van der Waals surface area contributed by atoms with Crippen LogP contribution in [0.3, 0.4) is 0 Å². The molecule has 2 aromatic heterocycles. The van der Waals surface area contributed by atoms with Gasteiger partial charge < -0.3 is 27.5 Å². The molecule has 0 unspecified atom stereocenters. The smallest absolute Gasteiger partial charge is 0.507 e. The van der Waals surface area contributed by atoms with Gasteiger partial charge in [0.2, 0.25) is 17.3 Å². The monoisotopic (exact) mass is 992 g/mol. The number of benzene rings is 4. The Bertz CT molecular complexity index is 3080. The number of carbonyl (C=O) groups excluding carboxylic acids is 4. The largest absolute Gasteiger partial charge is 0.519 e. The van der Waals surface area contributed by atoms with E-state index in [0.29, 0.717) is 61.8 Å². The lowest BCUT2D eigenvalue weighted by atomic mass is 9.72. The van der Waals surface area contributed by atoms with Crippen LogP contribution in [0, 0.1) is 25.7 Å². The molecule has 69 heavy (non-hydrogen) atoms. The normalized spacial score (nSPS) is 20.1. The van der Waals surface area contributed by atoms with Gasteiger partial charge in [-0.05, 0) is 124 Å². The highest BCUT2D eigenvalue weighted by Gasteiger charge is 2.40. The molecule has 4 aliphatic carbocycles. The standard InChI is InChI=1S/C27H23ClO6.C22H19ClO3.C5H5ClO3/c1-15-22(34-27(31)33-15)14-32-26-23(24(29)20-4-2-3-5-21(20)25(26)30)18-8-6-16(7-9-18)17-10-12-19(28)13-11-17;23-16-11-9-14(10-12-16)13-5-7-15(8-6-13)19-20(24)17-3-1-2-4-18(17)21(25)22(19)26;1-3-4(2-6)9-5(7)8-3/h2-5,10-13,16,18H,6-9,14H2,1H3;1-4,9-13,15,24H,5-8H2;2H2,1H3. The summed E-state index contributed by atoms with van der Waals surface area (Å²) in [5.41, 5.74) is 4.72. The van der Waals surface area contributed by atoms with Crippen LogP contribution in [-0.2, 0) is 22.0 Å².